The Kier molecular flexibility index (Phi) is 4.70. The molecule has 154 valence electrons. The Balaban J connectivity index is 1.58. The van der Waals surface area contributed by atoms with E-state index in [4.69, 9.17) is 0 Å². The molecule has 0 atom stereocenters. The lowest BCUT2D eigenvalue weighted by Crippen LogP contribution is -2.38. The van der Waals surface area contributed by atoms with E-state index in [0.29, 0.717) is 47.8 Å². The number of nitrogens with zero attached hydrogens (tertiary/aromatic N) is 4. The predicted octanol–water partition coefficient (Wildman–Crippen LogP) is 0.837. The van der Waals surface area contributed by atoms with Crippen molar-refractivity contribution >= 4 is 21.2 Å². The second kappa shape index (κ2) is 6.96. The monoisotopic (exact) mass is 417 g/mol. The summed E-state index contributed by atoms with van der Waals surface area (Å²) in [5.74, 6) is 0.609. The number of aryl methyl sites for hydroxylation is 2. The summed E-state index contributed by atoms with van der Waals surface area (Å²) in [5.41, 5.74) is 0.774. The molecule has 3 aromatic rings. The maximum Gasteiger partial charge on any atom is 0.332 e. The Morgan fingerprint density at radius 1 is 1.03 bits per heavy atom. The van der Waals surface area contributed by atoms with Crippen molar-refractivity contribution in [1.29, 1.82) is 0 Å². The highest BCUT2D eigenvalue weighted by Crippen LogP contribution is 2.30. The summed E-state index contributed by atoms with van der Waals surface area (Å²) in [5, 5.41) is 0. The molecule has 4 rings (SSSR count). The zero-order valence-electron chi connectivity index (χ0n) is 16.5. The molecule has 0 spiro atoms. The van der Waals surface area contributed by atoms with E-state index in [1.54, 1.807) is 31.3 Å². The minimum absolute atomic E-state index is 0.00771. The van der Waals surface area contributed by atoms with E-state index in [9.17, 15) is 18.0 Å². The van der Waals surface area contributed by atoms with Gasteiger partial charge in [-0.3, -0.25) is 13.9 Å². The molecule has 29 heavy (non-hydrogen) atoms. The average Bonchev–Trinajstić information content (AvgIpc) is 3.17. The molecule has 2 aromatic heterocycles. The molecule has 1 fully saturated rings. The summed E-state index contributed by atoms with van der Waals surface area (Å²) in [4.78, 5) is 32.3. The molecule has 1 saturated heterocycles. The van der Waals surface area contributed by atoms with Crippen LogP contribution in [0.2, 0.25) is 0 Å². The van der Waals surface area contributed by atoms with Gasteiger partial charge in [-0.05, 0) is 31.9 Å². The van der Waals surface area contributed by atoms with Crippen molar-refractivity contribution in [3.63, 3.8) is 0 Å². The maximum atomic E-state index is 12.9. The molecule has 0 bridgehead atoms. The maximum absolute atomic E-state index is 12.9. The number of imidazole rings is 1. The standard InChI is InChI=1S/C19H23N5O4S/c1-12-4-6-14(7-5-12)29(27,28)24-10-8-13(9-11-24)16-20-15-17(21-16)22(2)19(26)23(3)18(15)25/h4-7,13H,8-11H2,1-3H3,(H,20,21). The number of fused-ring (bicyclic) bond motifs is 1. The predicted molar refractivity (Wildman–Crippen MR) is 108 cm³/mol. The van der Waals surface area contributed by atoms with Crippen LogP contribution in [0.25, 0.3) is 11.2 Å². The lowest BCUT2D eigenvalue weighted by atomic mass is 9.97. The van der Waals surface area contributed by atoms with Crippen molar-refractivity contribution in [3.05, 3.63) is 56.5 Å². The van der Waals surface area contributed by atoms with Gasteiger partial charge in [-0.15, -0.1) is 0 Å². The van der Waals surface area contributed by atoms with Crippen LogP contribution in [-0.4, -0.2) is 44.9 Å². The number of nitrogens with one attached hydrogen (secondary N) is 1. The minimum atomic E-state index is -3.53. The van der Waals surface area contributed by atoms with Gasteiger partial charge in [0.1, 0.15) is 11.3 Å². The molecule has 9 nitrogen and oxygen atoms in total. The van der Waals surface area contributed by atoms with Crippen molar-refractivity contribution < 1.29 is 8.42 Å². The number of sulfonamides is 1. The zero-order valence-corrected chi connectivity index (χ0v) is 17.4. The summed E-state index contributed by atoms with van der Waals surface area (Å²) in [6, 6.07) is 6.84. The topological polar surface area (TPSA) is 110 Å². The van der Waals surface area contributed by atoms with Gasteiger partial charge in [-0.25, -0.2) is 18.2 Å². The highest BCUT2D eigenvalue weighted by Gasteiger charge is 2.31. The first kappa shape index (κ1) is 19.6. The summed E-state index contributed by atoms with van der Waals surface area (Å²) in [6.45, 7) is 2.65. The third kappa shape index (κ3) is 3.22. The van der Waals surface area contributed by atoms with Crippen LogP contribution < -0.4 is 11.2 Å². The summed E-state index contributed by atoms with van der Waals surface area (Å²) in [6.07, 6.45) is 1.17. The summed E-state index contributed by atoms with van der Waals surface area (Å²) < 4.78 is 29.6. The van der Waals surface area contributed by atoms with Crippen molar-refractivity contribution in [1.82, 2.24) is 23.4 Å². The number of benzene rings is 1. The van der Waals surface area contributed by atoms with Crippen molar-refractivity contribution in [2.45, 2.75) is 30.6 Å². The minimum Gasteiger partial charge on any atom is -0.336 e. The highest BCUT2D eigenvalue weighted by atomic mass is 32.2. The molecule has 0 aliphatic carbocycles. The first-order valence-electron chi connectivity index (χ1n) is 9.42. The Bertz CT molecular complexity index is 1290. The van der Waals surface area contributed by atoms with Gasteiger partial charge in [0.05, 0.1) is 4.90 Å². The molecule has 3 heterocycles. The lowest BCUT2D eigenvalue weighted by Gasteiger charge is -2.30. The van der Waals surface area contributed by atoms with Gasteiger partial charge in [-0.1, -0.05) is 17.7 Å². The van der Waals surface area contributed by atoms with E-state index in [1.807, 2.05) is 6.92 Å². The Labute approximate surface area is 167 Å². The van der Waals surface area contributed by atoms with Gasteiger partial charge in [0.15, 0.2) is 5.65 Å². The molecule has 0 saturated carbocycles. The smallest absolute Gasteiger partial charge is 0.332 e. The van der Waals surface area contributed by atoms with E-state index in [-0.39, 0.29) is 5.92 Å². The molecule has 10 heteroatoms. The van der Waals surface area contributed by atoms with Crippen LogP contribution in [0.15, 0.2) is 38.8 Å². The first-order valence-corrected chi connectivity index (χ1v) is 10.9. The first-order chi connectivity index (χ1) is 13.7. The highest BCUT2D eigenvalue weighted by molar-refractivity contribution is 7.89. The van der Waals surface area contributed by atoms with Crippen molar-refractivity contribution in [3.8, 4) is 0 Å². The third-order valence-corrected chi connectivity index (χ3v) is 7.53. The number of piperidine rings is 1. The lowest BCUT2D eigenvalue weighted by molar-refractivity contribution is 0.314. The van der Waals surface area contributed by atoms with Crippen LogP contribution in [0.1, 0.15) is 30.1 Å². The molecule has 1 aliphatic heterocycles. The molecule has 0 radical (unpaired) electrons. The number of hydrogen-bond acceptors (Lipinski definition) is 5. The molecular weight excluding hydrogens is 394 g/mol. The van der Waals surface area contributed by atoms with E-state index in [2.05, 4.69) is 9.97 Å². The Hall–Kier alpha value is -2.72. The second-order valence-electron chi connectivity index (χ2n) is 7.52. The van der Waals surface area contributed by atoms with E-state index < -0.39 is 21.3 Å². The van der Waals surface area contributed by atoms with Gasteiger partial charge in [-0.2, -0.15) is 4.31 Å². The molecular formula is C19H23N5O4S. The molecule has 1 N–H and O–H groups in total. The number of aromatic amines is 1. The van der Waals surface area contributed by atoms with E-state index in [0.717, 1.165) is 10.1 Å². The van der Waals surface area contributed by atoms with Crippen molar-refractivity contribution in [2.75, 3.05) is 13.1 Å². The number of hydrogen-bond donors (Lipinski definition) is 1. The SMILES string of the molecule is Cc1ccc(S(=O)(=O)N2CCC(c3nc4c([nH]3)c(=O)n(C)c(=O)n4C)CC2)cc1. The average molecular weight is 417 g/mol. The van der Waals surface area contributed by atoms with Crippen LogP contribution in [0.5, 0.6) is 0 Å². The Morgan fingerprint density at radius 2 is 1.66 bits per heavy atom. The van der Waals surface area contributed by atoms with E-state index >= 15 is 0 Å². The van der Waals surface area contributed by atoms with Crippen LogP contribution in [0.3, 0.4) is 0 Å². The normalized spacial score (nSPS) is 16.5. The van der Waals surface area contributed by atoms with Gasteiger partial charge < -0.3 is 4.98 Å². The largest absolute Gasteiger partial charge is 0.336 e. The van der Waals surface area contributed by atoms with Crippen LogP contribution in [0.4, 0.5) is 0 Å². The van der Waals surface area contributed by atoms with Gasteiger partial charge >= 0.3 is 5.69 Å². The van der Waals surface area contributed by atoms with Crippen LogP contribution in [-0.2, 0) is 24.1 Å². The number of H-pyrrole nitrogens is 1. The van der Waals surface area contributed by atoms with Crippen molar-refractivity contribution in [2.24, 2.45) is 14.1 Å². The molecule has 0 amide bonds. The fourth-order valence-corrected chi connectivity index (χ4v) is 5.24. The quantitative estimate of drug-likeness (QED) is 0.679. The summed E-state index contributed by atoms with van der Waals surface area (Å²) >= 11 is 0. The Morgan fingerprint density at radius 3 is 2.28 bits per heavy atom. The van der Waals surface area contributed by atoms with Gasteiger partial charge in [0, 0.05) is 33.1 Å². The second-order valence-corrected chi connectivity index (χ2v) is 9.46. The molecule has 0 unspecified atom stereocenters. The fourth-order valence-electron chi connectivity index (χ4n) is 3.77. The molecule has 1 aromatic carbocycles. The fraction of sp³-hybridized carbons (Fsp3) is 0.421. The van der Waals surface area contributed by atoms with Gasteiger partial charge in [0.25, 0.3) is 5.56 Å². The van der Waals surface area contributed by atoms with E-state index in [1.165, 1.54) is 15.9 Å². The third-order valence-electron chi connectivity index (χ3n) is 5.61. The van der Waals surface area contributed by atoms with Crippen LogP contribution in [0, 0.1) is 6.92 Å². The van der Waals surface area contributed by atoms with Gasteiger partial charge in [0.2, 0.25) is 10.0 Å². The summed E-state index contributed by atoms with van der Waals surface area (Å²) in [7, 11) is -0.525. The zero-order chi connectivity index (χ0) is 20.9. The number of aromatic nitrogens is 4. The number of rotatable bonds is 3. The van der Waals surface area contributed by atoms with Crippen LogP contribution >= 0.6 is 0 Å². The molecule has 1 aliphatic rings.